The lowest BCUT2D eigenvalue weighted by Gasteiger charge is -2.31. The van der Waals surface area contributed by atoms with Gasteiger partial charge in [-0.2, -0.15) is 0 Å². The topological polar surface area (TPSA) is 29.1 Å². The fourth-order valence-corrected chi connectivity index (χ4v) is 2.85. The van der Waals surface area contributed by atoms with Crippen LogP contribution in [0.2, 0.25) is 0 Å². The third kappa shape index (κ3) is 10.2. The van der Waals surface area contributed by atoms with Crippen LogP contribution in [-0.4, -0.2) is 12.5 Å². The van der Waals surface area contributed by atoms with Crippen molar-refractivity contribution in [2.75, 3.05) is 6.54 Å². The number of hydrogen-bond acceptors (Lipinski definition) is 1. The first kappa shape index (κ1) is 21.5. The maximum Gasteiger partial charge on any atom is 0.223 e. The number of carbonyl (C=O) groups is 1. The molecule has 0 fully saturated rings. The van der Waals surface area contributed by atoms with Crippen molar-refractivity contribution >= 4 is 5.91 Å². The highest BCUT2D eigenvalue weighted by Crippen LogP contribution is 2.32. The molecule has 2 heteroatoms. The molecule has 1 atom stereocenters. The Morgan fingerprint density at radius 1 is 0.864 bits per heavy atom. The lowest BCUT2D eigenvalue weighted by Crippen LogP contribution is -2.38. The van der Waals surface area contributed by atoms with Crippen molar-refractivity contribution in [2.24, 2.45) is 11.3 Å². The van der Waals surface area contributed by atoms with Crippen LogP contribution in [0.3, 0.4) is 0 Å². The van der Waals surface area contributed by atoms with Crippen molar-refractivity contribution in [3.05, 3.63) is 0 Å². The van der Waals surface area contributed by atoms with Gasteiger partial charge in [-0.3, -0.25) is 4.79 Å². The summed E-state index contributed by atoms with van der Waals surface area (Å²) < 4.78 is 0. The Kier molecular flexibility index (Phi) is 12.6. The summed E-state index contributed by atoms with van der Waals surface area (Å²) in [6.07, 6.45) is 13.9. The van der Waals surface area contributed by atoms with Crippen LogP contribution in [-0.2, 0) is 4.79 Å². The highest BCUT2D eigenvalue weighted by molar-refractivity contribution is 5.78. The summed E-state index contributed by atoms with van der Waals surface area (Å²) in [4.78, 5) is 12.3. The van der Waals surface area contributed by atoms with Crippen LogP contribution >= 0.6 is 0 Å². The van der Waals surface area contributed by atoms with Gasteiger partial charge in [-0.25, -0.2) is 0 Å². The molecular formula is C20H41NO. The highest BCUT2D eigenvalue weighted by Gasteiger charge is 2.30. The third-order valence-electron chi connectivity index (χ3n) is 5.07. The number of unbranched alkanes of at least 4 members (excludes halogenated alkanes) is 8. The molecule has 0 rings (SSSR count). The average molecular weight is 312 g/mol. The first-order valence-electron chi connectivity index (χ1n) is 9.73. The fraction of sp³-hybridized carbons (Fsp3) is 0.950. The van der Waals surface area contributed by atoms with Gasteiger partial charge in [-0.15, -0.1) is 0 Å². The molecule has 1 N–H and O–H groups in total. The van der Waals surface area contributed by atoms with E-state index in [2.05, 4.69) is 39.9 Å². The molecule has 0 aromatic carbocycles. The largest absolute Gasteiger partial charge is 0.356 e. The summed E-state index contributed by atoms with van der Waals surface area (Å²) in [5, 5.41) is 3.14. The second kappa shape index (κ2) is 13.0. The van der Waals surface area contributed by atoms with Gasteiger partial charge in [0.05, 0.1) is 0 Å². The molecule has 0 bridgehead atoms. The van der Waals surface area contributed by atoms with E-state index < -0.39 is 0 Å². The van der Waals surface area contributed by atoms with Crippen LogP contribution in [0.15, 0.2) is 0 Å². The normalized spacial score (nSPS) is 13.1. The van der Waals surface area contributed by atoms with E-state index in [1.165, 1.54) is 57.8 Å². The zero-order valence-electron chi connectivity index (χ0n) is 16.0. The fourth-order valence-electron chi connectivity index (χ4n) is 2.85. The van der Waals surface area contributed by atoms with Crippen LogP contribution in [0, 0.1) is 11.3 Å². The Balaban J connectivity index is 3.83. The summed E-state index contributed by atoms with van der Waals surface area (Å²) in [6.45, 7) is 11.9. The van der Waals surface area contributed by atoms with Crippen LogP contribution in [0.4, 0.5) is 0 Å². The molecule has 0 radical (unpaired) electrons. The van der Waals surface area contributed by atoms with Crippen LogP contribution in [0.1, 0.15) is 105 Å². The van der Waals surface area contributed by atoms with Crippen LogP contribution < -0.4 is 5.32 Å². The zero-order chi connectivity index (χ0) is 16.8. The minimum atomic E-state index is 0.106. The predicted molar refractivity (Wildman–Crippen MR) is 98.1 cm³/mol. The summed E-state index contributed by atoms with van der Waals surface area (Å²) >= 11 is 0. The summed E-state index contributed by atoms with van der Waals surface area (Å²) in [7, 11) is 0. The quantitative estimate of drug-likeness (QED) is 0.386. The van der Waals surface area contributed by atoms with Gasteiger partial charge in [0, 0.05) is 12.5 Å². The summed E-state index contributed by atoms with van der Waals surface area (Å²) in [5.41, 5.74) is 0.110. The molecule has 0 aliphatic heterocycles. The van der Waals surface area contributed by atoms with Crippen molar-refractivity contribution in [2.45, 2.75) is 105 Å². The predicted octanol–water partition coefficient (Wildman–Crippen LogP) is 6.10. The molecule has 0 aliphatic carbocycles. The van der Waals surface area contributed by atoms with Gasteiger partial charge in [0.1, 0.15) is 0 Å². The lowest BCUT2D eigenvalue weighted by molar-refractivity contribution is -0.128. The zero-order valence-corrected chi connectivity index (χ0v) is 16.0. The first-order valence-corrected chi connectivity index (χ1v) is 9.73. The molecule has 2 nitrogen and oxygen atoms in total. The second-order valence-electron chi connectivity index (χ2n) is 7.58. The molecule has 0 saturated carbocycles. The molecule has 0 aliphatic rings. The minimum Gasteiger partial charge on any atom is -0.356 e. The van der Waals surface area contributed by atoms with E-state index in [0.717, 1.165) is 19.4 Å². The molecule has 0 spiro atoms. The van der Waals surface area contributed by atoms with Crippen LogP contribution in [0.5, 0.6) is 0 Å². The average Bonchev–Trinajstić information content (AvgIpc) is 2.49. The monoisotopic (exact) mass is 311 g/mol. The molecule has 0 heterocycles. The van der Waals surface area contributed by atoms with E-state index >= 15 is 0 Å². The van der Waals surface area contributed by atoms with Gasteiger partial charge in [0.2, 0.25) is 5.91 Å². The van der Waals surface area contributed by atoms with Crippen molar-refractivity contribution in [1.29, 1.82) is 0 Å². The van der Waals surface area contributed by atoms with Crippen molar-refractivity contribution in [1.82, 2.24) is 5.32 Å². The van der Waals surface area contributed by atoms with E-state index in [4.69, 9.17) is 0 Å². The van der Waals surface area contributed by atoms with E-state index in [9.17, 15) is 4.79 Å². The minimum absolute atomic E-state index is 0.106. The van der Waals surface area contributed by atoms with Gasteiger partial charge in [0.25, 0.3) is 0 Å². The SMILES string of the molecule is CCCCCCCCNC(=O)C(C)C(C)(C)CCCCCC. The lowest BCUT2D eigenvalue weighted by atomic mass is 9.75. The number of nitrogens with one attached hydrogen (secondary N) is 1. The molecule has 0 aromatic heterocycles. The Morgan fingerprint density at radius 3 is 1.95 bits per heavy atom. The van der Waals surface area contributed by atoms with Crippen molar-refractivity contribution in [3.63, 3.8) is 0 Å². The molecule has 1 unspecified atom stereocenters. The molecule has 132 valence electrons. The number of rotatable bonds is 14. The highest BCUT2D eigenvalue weighted by atomic mass is 16.1. The van der Waals surface area contributed by atoms with Gasteiger partial charge in [0.15, 0.2) is 0 Å². The third-order valence-corrected chi connectivity index (χ3v) is 5.07. The number of carbonyl (C=O) groups excluding carboxylic acids is 1. The van der Waals surface area contributed by atoms with Gasteiger partial charge >= 0.3 is 0 Å². The molecule has 0 saturated heterocycles. The van der Waals surface area contributed by atoms with E-state index in [-0.39, 0.29) is 17.2 Å². The Labute approximate surface area is 139 Å². The van der Waals surface area contributed by atoms with E-state index in [0.29, 0.717) is 0 Å². The van der Waals surface area contributed by atoms with Gasteiger partial charge in [-0.1, -0.05) is 92.4 Å². The number of hydrogen-bond donors (Lipinski definition) is 1. The van der Waals surface area contributed by atoms with E-state index in [1.54, 1.807) is 0 Å². The molecule has 22 heavy (non-hydrogen) atoms. The maximum absolute atomic E-state index is 12.3. The summed E-state index contributed by atoms with van der Waals surface area (Å²) in [5.74, 6) is 0.350. The number of amides is 1. The van der Waals surface area contributed by atoms with Gasteiger partial charge in [-0.05, 0) is 18.3 Å². The molecule has 0 aromatic rings. The Hall–Kier alpha value is -0.530. The van der Waals surface area contributed by atoms with Crippen LogP contribution in [0.25, 0.3) is 0 Å². The molecular weight excluding hydrogens is 270 g/mol. The maximum atomic E-state index is 12.3. The van der Waals surface area contributed by atoms with Gasteiger partial charge < -0.3 is 5.32 Å². The Morgan fingerprint density at radius 2 is 1.36 bits per heavy atom. The molecule has 1 amide bonds. The van der Waals surface area contributed by atoms with Crippen molar-refractivity contribution < 1.29 is 4.79 Å². The first-order chi connectivity index (χ1) is 10.5. The smallest absolute Gasteiger partial charge is 0.223 e. The standard InChI is InChI=1S/C20H41NO/c1-6-8-10-12-13-15-17-21-19(22)18(3)20(4,5)16-14-11-9-7-2/h18H,6-17H2,1-5H3,(H,21,22). The van der Waals surface area contributed by atoms with Crippen molar-refractivity contribution in [3.8, 4) is 0 Å². The Bertz CT molecular complexity index is 273. The summed E-state index contributed by atoms with van der Waals surface area (Å²) in [6, 6.07) is 0. The second-order valence-corrected chi connectivity index (χ2v) is 7.58. The van der Waals surface area contributed by atoms with E-state index in [1.807, 2.05) is 0 Å².